The highest BCUT2D eigenvalue weighted by atomic mass is 31.2. The van der Waals surface area contributed by atoms with Crippen LogP contribution in [0, 0.1) is 0 Å². The molecule has 0 aromatic heterocycles. The molecule has 2 atom stereocenters. The van der Waals surface area contributed by atoms with Crippen LogP contribution in [0.3, 0.4) is 0 Å². The van der Waals surface area contributed by atoms with E-state index in [9.17, 15) is 19.0 Å². The molecule has 9 nitrogen and oxygen atoms in total. The summed E-state index contributed by atoms with van der Waals surface area (Å²) in [5.74, 6) is -0.945. The van der Waals surface area contributed by atoms with Crippen molar-refractivity contribution in [1.29, 1.82) is 0 Å². The Labute approximate surface area is 346 Å². The van der Waals surface area contributed by atoms with Crippen LogP contribution < -0.4 is 5.73 Å². The first kappa shape index (κ1) is 53.9. The van der Waals surface area contributed by atoms with Gasteiger partial charge in [-0.05, 0) is 83.5 Å². The number of phosphoric acid groups is 1. The Morgan fingerprint density at radius 1 is 0.544 bits per heavy atom. The highest BCUT2D eigenvalue weighted by Crippen LogP contribution is 2.43. The van der Waals surface area contributed by atoms with Crippen LogP contribution in [0.5, 0.6) is 0 Å². The Morgan fingerprint density at radius 2 is 1.00 bits per heavy atom. The smallest absolute Gasteiger partial charge is 0.462 e. The first-order valence-corrected chi connectivity index (χ1v) is 23.2. The van der Waals surface area contributed by atoms with Gasteiger partial charge in [0.15, 0.2) is 6.10 Å². The van der Waals surface area contributed by atoms with E-state index in [1.54, 1.807) is 0 Å². The molecule has 0 aliphatic carbocycles. The lowest BCUT2D eigenvalue weighted by Crippen LogP contribution is -2.29. The predicted octanol–water partition coefficient (Wildman–Crippen LogP) is 12.6. The monoisotopic (exact) mass is 816 g/mol. The van der Waals surface area contributed by atoms with Crippen LogP contribution in [-0.4, -0.2) is 49.3 Å². The molecule has 0 aliphatic rings. The van der Waals surface area contributed by atoms with Crippen molar-refractivity contribution in [2.75, 3.05) is 26.4 Å². The number of esters is 2. The molecular weight excluding hydrogens is 737 g/mol. The van der Waals surface area contributed by atoms with Crippen molar-refractivity contribution in [2.45, 2.75) is 161 Å². The van der Waals surface area contributed by atoms with Gasteiger partial charge < -0.3 is 20.1 Å². The minimum absolute atomic E-state index is 0.0371. The number of carbonyl (C=O) groups excluding carboxylic acids is 2. The summed E-state index contributed by atoms with van der Waals surface area (Å²) in [6.07, 6.45) is 54.5. The Balaban J connectivity index is 4.31. The van der Waals surface area contributed by atoms with Gasteiger partial charge in [0.05, 0.1) is 13.2 Å². The molecule has 0 bridgehead atoms. The van der Waals surface area contributed by atoms with Crippen LogP contribution >= 0.6 is 7.82 Å². The lowest BCUT2D eigenvalue weighted by atomic mass is 10.1. The standard InChI is InChI=1S/C47H78NO8P/c1-3-5-7-9-11-13-15-17-19-21-22-24-25-27-29-31-33-35-37-39-46(49)53-43-45(44-55-57(51,52)54-42-41-48)56-47(50)40-38-36-34-32-30-28-26-23-20-18-16-14-12-10-8-6-4-2/h5,7,11-14,17-20,22,24,27,29,33,35,45H,3-4,6,8-10,15-16,21,23,25-26,28,30-32,34,36-44,48H2,1-2H3,(H,51,52)/b7-5-,13-11-,14-12-,19-17-,20-18-,24-22-,29-27-,35-33-/t45-/m1/s1. The average Bonchev–Trinajstić information content (AvgIpc) is 3.20. The number of unbranched alkanes of at least 4 members (excludes halogenated alkanes) is 10. The second-order valence-electron chi connectivity index (χ2n) is 13.8. The fraction of sp³-hybridized carbons (Fsp3) is 0.617. The Kier molecular flexibility index (Phi) is 40.2. The zero-order valence-electron chi connectivity index (χ0n) is 35.5. The molecule has 1 unspecified atom stereocenters. The summed E-state index contributed by atoms with van der Waals surface area (Å²) in [5, 5.41) is 0. The van der Waals surface area contributed by atoms with Crippen LogP contribution in [0.2, 0.25) is 0 Å². The summed E-state index contributed by atoms with van der Waals surface area (Å²) in [5.41, 5.74) is 5.34. The Morgan fingerprint density at radius 3 is 1.51 bits per heavy atom. The molecular formula is C47H78NO8P. The van der Waals surface area contributed by atoms with E-state index in [4.69, 9.17) is 24.3 Å². The Hall–Kier alpha value is -3.07. The van der Waals surface area contributed by atoms with E-state index in [1.807, 2.05) is 12.2 Å². The van der Waals surface area contributed by atoms with Gasteiger partial charge >= 0.3 is 19.8 Å². The molecule has 3 N–H and O–H groups in total. The zero-order valence-corrected chi connectivity index (χ0v) is 36.4. The number of allylic oxidation sites excluding steroid dienone is 16. The van der Waals surface area contributed by atoms with Crippen LogP contribution in [0.1, 0.15) is 155 Å². The lowest BCUT2D eigenvalue weighted by Gasteiger charge is -2.19. The fourth-order valence-corrected chi connectivity index (χ4v) is 6.04. The molecule has 10 heteroatoms. The molecule has 0 aliphatic heterocycles. The molecule has 0 aromatic carbocycles. The van der Waals surface area contributed by atoms with Gasteiger partial charge in [-0.25, -0.2) is 4.57 Å². The molecule has 0 aromatic rings. The van der Waals surface area contributed by atoms with E-state index in [0.717, 1.165) is 70.6 Å². The predicted molar refractivity (Wildman–Crippen MR) is 238 cm³/mol. The SMILES string of the molecule is CC/C=C\C/C=C\C/C=C\C/C=C\C/C=C\C/C=C\CCC(=O)OC[C@H](COP(=O)(O)OCCN)OC(=O)CCCCCCCCC/C=C\C/C=C\CCCCC. The van der Waals surface area contributed by atoms with Crippen molar-refractivity contribution < 1.29 is 37.6 Å². The third kappa shape index (κ3) is 42.4. The van der Waals surface area contributed by atoms with Gasteiger partial charge in [-0.1, -0.05) is 156 Å². The third-order valence-corrected chi connectivity index (χ3v) is 9.45. The quantitative estimate of drug-likeness (QED) is 0.0269. The van der Waals surface area contributed by atoms with E-state index < -0.39 is 32.5 Å². The summed E-state index contributed by atoms with van der Waals surface area (Å²) < 4.78 is 32.7. The maximum atomic E-state index is 12.6. The lowest BCUT2D eigenvalue weighted by molar-refractivity contribution is -0.161. The number of hydrogen-bond acceptors (Lipinski definition) is 8. The summed E-state index contributed by atoms with van der Waals surface area (Å²) in [6, 6.07) is 0. The molecule has 324 valence electrons. The van der Waals surface area contributed by atoms with Gasteiger partial charge in [-0.3, -0.25) is 18.6 Å². The van der Waals surface area contributed by atoms with Crippen LogP contribution in [0.4, 0.5) is 0 Å². The first-order valence-electron chi connectivity index (χ1n) is 21.7. The van der Waals surface area contributed by atoms with Crippen LogP contribution in [0.15, 0.2) is 97.2 Å². The molecule has 0 amide bonds. The molecule has 0 saturated heterocycles. The van der Waals surface area contributed by atoms with Crippen LogP contribution in [0.25, 0.3) is 0 Å². The number of nitrogens with two attached hydrogens (primary N) is 1. The zero-order chi connectivity index (χ0) is 41.8. The molecule has 0 rings (SSSR count). The maximum absolute atomic E-state index is 12.6. The molecule has 0 fully saturated rings. The number of rotatable bonds is 39. The van der Waals surface area contributed by atoms with E-state index in [-0.39, 0.29) is 32.6 Å². The molecule has 0 saturated carbocycles. The van der Waals surface area contributed by atoms with E-state index in [2.05, 4.69) is 98.9 Å². The van der Waals surface area contributed by atoms with Gasteiger partial charge in [0.25, 0.3) is 0 Å². The van der Waals surface area contributed by atoms with E-state index in [0.29, 0.717) is 12.8 Å². The number of phosphoric ester groups is 1. The summed E-state index contributed by atoms with van der Waals surface area (Å²) in [6.45, 7) is 3.47. The summed E-state index contributed by atoms with van der Waals surface area (Å²) in [7, 11) is -4.40. The van der Waals surface area contributed by atoms with Crippen LogP contribution in [-0.2, 0) is 32.7 Å². The molecule has 0 radical (unpaired) electrons. The third-order valence-electron chi connectivity index (χ3n) is 8.47. The maximum Gasteiger partial charge on any atom is 0.472 e. The molecule has 0 spiro atoms. The second kappa shape index (κ2) is 42.5. The van der Waals surface area contributed by atoms with Crippen molar-refractivity contribution in [2.24, 2.45) is 5.73 Å². The minimum Gasteiger partial charge on any atom is -0.462 e. The number of carbonyl (C=O) groups is 2. The van der Waals surface area contributed by atoms with Crippen molar-refractivity contribution in [3.05, 3.63) is 97.2 Å². The van der Waals surface area contributed by atoms with E-state index >= 15 is 0 Å². The second-order valence-corrected chi connectivity index (χ2v) is 15.3. The van der Waals surface area contributed by atoms with Gasteiger partial charge in [-0.15, -0.1) is 0 Å². The largest absolute Gasteiger partial charge is 0.472 e. The van der Waals surface area contributed by atoms with Crippen molar-refractivity contribution in [3.8, 4) is 0 Å². The fourth-order valence-electron chi connectivity index (χ4n) is 5.28. The highest BCUT2D eigenvalue weighted by Gasteiger charge is 2.25. The van der Waals surface area contributed by atoms with Gasteiger partial charge in [0.2, 0.25) is 0 Å². The van der Waals surface area contributed by atoms with Crippen molar-refractivity contribution in [1.82, 2.24) is 0 Å². The highest BCUT2D eigenvalue weighted by molar-refractivity contribution is 7.47. The van der Waals surface area contributed by atoms with E-state index in [1.165, 1.54) is 44.9 Å². The first-order chi connectivity index (χ1) is 27.8. The minimum atomic E-state index is -4.40. The molecule has 57 heavy (non-hydrogen) atoms. The number of ether oxygens (including phenoxy) is 2. The van der Waals surface area contributed by atoms with Gasteiger partial charge in [0, 0.05) is 19.4 Å². The summed E-state index contributed by atoms with van der Waals surface area (Å²) >= 11 is 0. The summed E-state index contributed by atoms with van der Waals surface area (Å²) in [4.78, 5) is 34.8. The average molecular weight is 816 g/mol. The van der Waals surface area contributed by atoms with Gasteiger partial charge in [0.1, 0.15) is 6.61 Å². The Bertz CT molecular complexity index is 1250. The van der Waals surface area contributed by atoms with Gasteiger partial charge in [-0.2, -0.15) is 0 Å². The number of hydrogen-bond donors (Lipinski definition) is 2. The van der Waals surface area contributed by atoms with Crippen molar-refractivity contribution >= 4 is 19.8 Å². The van der Waals surface area contributed by atoms with Crippen molar-refractivity contribution in [3.63, 3.8) is 0 Å². The normalized spacial score (nSPS) is 14.2. The molecule has 0 heterocycles. The topological polar surface area (TPSA) is 134 Å².